The second-order valence-electron chi connectivity index (χ2n) is 6.62. The van der Waals surface area contributed by atoms with Gasteiger partial charge in [-0.2, -0.15) is 0 Å². The van der Waals surface area contributed by atoms with E-state index >= 15 is 0 Å². The van der Waals surface area contributed by atoms with Crippen molar-refractivity contribution in [3.8, 4) is 0 Å². The van der Waals surface area contributed by atoms with Gasteiger partial charge in [-0.1, -0.05) is 44.2 Å². The van der Waals surface area contributed by atoms with Gasteiger partial charge < -0.3 is 10.2 Å². The summed E-state index contributed by atoms with van der Waals surface area (Å²) in [7, 11) is 0. The number of aliphatic hydroxyl groups excluding tert-OH is 1. The number of nitrogens with zero attached hydrogens (tertiary/aromatic N) is 1. The van der Waals surface area contributed by atoms with Gasteiger partial charge in [-0.15, -0.1) is 0 Å². The van der Waals surface area contributed by atoms with Crippen LogP contribution in [-0.2, 0) is 16.0 Å². The van der Waals surface area contributed by atoms with Gasteiger partial charge in [-0.3, -0.25) is 9.79 Å². The van der Waals surface area contributed by atoms with E-state index in [1.165, 1.54) is 6.21 Å². The predicted octanol–water partition coefficient (Wildman–Crippen LogP) is 2.95. The molecular weight excluding hydrogens is 294 g/mol. The highest BCUT2D eigenvalue weighted by Crippen LogP contribution is 2.35. The number of carboxylic acid groups (broad SMARTS) is 1. The second kappa shape index (κ2) is 6.77. The lowest BCUT2D eigenvalue weighted by atomic mass is 9.77. The minimum atomic E-state index is -1.06. The molecule has 1 aromatic carbocycles. The number of allylic oxidation sites excluding steroid dienone is 2. The van der Waals surface area contributed by atoms with Crippen LogP contribution >= 0.6 is 0 Å². The van der Waals surface area contributed by atoms with Crippen molar-refractivity contribution in [1.82, 2.24) is 0 Å². The Morgan fingerprint density at radius 3 is 2.52 bits per heavy atom. The number of carbonyl (C=O) groups excluding carboxylic acids is 1. The molecule has 0 aliphatic heterocycles. The van der Waals surface area contributed by atoms with E-state index in [2.05, 4.69) is 4.99 Å². The van der Waals surface area contributed by atoms with Gasteiger partial charge in [0.25, 0.3) is 0 Å². The number of ketones is 1. The van der Waals surface area contributed by atoms with Gasteiger partial charge in [0.15, 0.2) is 11.8 Å². The van der Waals surface area contributed by atoms with E-state index in [0.29, 0.717) is 12.8 Å². The number of hydrogen-bond donors (Lipinski definition) is 2. The van der Waals surface area contributed by atoms with Gasteiger partial charge in [-0.05, 0) is 11.0 Å². The Morgan fingerprint density at radius 1 is 1.30 bits per heavy atom. The number of carbonyl (C=O) groups is 2. The average molecular weight is 315 g/mol. The summed E-state index contributed by atoms with van der Waals surface area (Å²) in [6.07, 6.45) is 2.15. The highest BCUT2D eigenvalue weighted by molar-refractivity contribution is 6.14. The van der Waals surface area contributed by atoms with Gasteiger partial charge in [-0.25, -0.2) is 4.79 Å². The molecule has 122 valence electrons. The summed E-state index contributed by atoms with van der Waals surface area (Å²) in [5.74, 6) is -1.28. The molecule has 1 atom stereocenters. The van der Waals surface area contributed by atoms with Crippen molar-refractivity contribution in [2.75, 3.05) is 0 Å². The van der Waals surface area contributed by atoms with E-state index < -0.39 is 12.0 Å². The van der Waals surface area contributed by atoms with Crippen LogP contribution in [0.4, 0.5) is 0 Å². The zero-order valence-corrected chi connectivity index (χ0v) is 13.3. The monoisotopic (exact) mass is 315 g/mol. The average Bonchev–Trinajstić information content (AvgIpc) is 2.44. The maximum Gasteiger partial charge on any atom is 0.328 e. The maximum atomic E-state index is 12.1. The summed E-state index contributed by atoms with van der Waals surface area (Å²) in [6, 6.07) is 8.19. The molecule has 1 aromatic rings. The third-order valence-electron chi connectivity index (χ3n) is 3.84. The highest BCUT2D eigenvalue weighted by Gasteiger charge is 2.32. The quantitative estimate of drug-likeness (QED) is 0.818. The molecule has 0 amide bonds. The number of carboxylic acids is 1. The van der Waals surface area contributed by atoms with Crippen LogP contribution in [0.3, 0.4) is 0 Å². The third-order valence-corrected chi connectivity index (χ3v) is 3.84. The molecule has 1 aliphatic carbocycles. The maximum absolute atomic E-state index is 12.1. The molecule has 5 heteroatoms. The fraction of sp³-hybridized carbons (Fsp3) is 0.389. The standard InChI is InChI=1S/C18H21NO4/c1-18(2)9-15(20)13(16(21)10-18)11-19-14(17(22)23)8-12-6-4-3-5-7-12/h3-7,11,14,20H,8-10H2,1-2H3,(H,22,23)/t14-/m1/s1. The van der Waals surface area contributed by atoms with Gasteiger partial charge in [0, 0.05) is 25.5 Å². The van der Waals surface area contributed by atoms with Crippen molar-refractivity contribution in [3.63, 3.8) is 0 Å². The van der Waals surface area contributed by atoms with E-state index in [1.807, 2.05) is 44.2 Å². The Hall–Kier alpha value is -2.43. The molecule has 2 rings (SSSR count). The summed E-state index contributed by atoms with van der Waals surface area (Å²) in [6.45, 7) is 3.81. The van der Waals surface area contributed by atoms with E-state index in [9.17, 15) is 19.8 Å². The molecule has 0 spiro atoms. The summed E-state index contributed by atoms with van der Waals surface area (Å²) >= 11 is 0. The lowest BCUT2D eigenvalue weighted by Gasteiger charge is -2.28. The number of benzene rings is 1. The van der Waals surface area contributed by atoms with Crippen LogP contribution in [0.1, 0.15) is 32.3 Å². The SMILES string of the molecule is CC1(C)CC(=O)C(C=N[C@H](Cc2ccccc2)C(=O)O)=C(O)C1. The Bertz CT molecular complexity index is 659. The fourth-order valence-electron chi connectivity index (χ4n) is 2.65. The summed E-state index contributed by atoms with van der Waals surface area (Å²) in [5.41, 5.74) is 0.698. The zero-order valence-electron chi connectivity index (χ0n) is 13.3. The molecule has 0 radical (unpaired) electrons. The molecule has 0 aromatic heterocycles. The highest BCUT2D eigenvalue weighted by atomic mass is 16.4. The number of aliphatic hydroxyl groups is 1. The third kappa shape index (κ3) is 4.52. The fourth-order valence-corrected chi connectivity index (χ4v) is 2.65. The van der Waals surface area contributed by atoms with Crippen molar-refractivity contribution < 1.29 is 19.8 Å². The zero-order chi connectivity index (χ0) is 17.0. The normalized spacial score (nSPS) is 19.1. The lowest BCUT2D eigenvalue weighted by Crippen LogP contribution is -2.27. The van der Waals surface area contributed by atoms with Crippen molar-refractivity contribution in [3.05, 3.63) is 47.2 Å². The van der Waals surface area contributed by atoms with Crippen molar-refractivity contribution in [1.29, 1.82) is 0 Å². The number of aliphatic imine (C=N–C) groups is 1. The molecule has 0 bridgehead atoms. The van der Waals surface area contributed by atoms with E-state index in [0.717, 1.165) is 5.56 Å². The van der Waals surface area contributed by atoms with Crippen LogP contribution < -0.4 is 0 Å². The minimum absolute atomic E-state index is 0.0150. The van der Waals surface area contributed by atoms with Crippen LogP contribution in [0.25, 0.3) is 0 Å². The minimum Gasteiger partial charge on any atom is -0.511 e. The first kappa shape index (κ1) is 16.9. The second-order valence-corrected chi connectivity index (χ2v) is 6.62. The van der Waals surface area contributed by atoms with Crippen LogP contribution in [0, 0.1) is 5.41 Å². The van der Waals surface area contributed by atoms with Crippen molar-refractivity contribution in [2.24, 2.45) is 10.4 Å². The molecule has 5 nitrogen and oxygen atoms in total. The lowest BCUT2D eigenvalue weighted by molar-refractivity contribution is -0.138. The number of Topliss-reactive ketones (excluding diaryl/α,β-unsaturated/α-hetero) is 1. The predicted molar refractivity (Wildman–Crippen MR) is 87.7 cm³/mol. The summed E-state index contributed by atoms with van der Waals surface area (Å²) in [4.78, 5) is 27.5. The largest absolute Gasteiger partial charge is 0.511 e. The van der Waals surface area contributed by atoms with Crippen LogP contribution in [0.2, 0.25) is 0 Å². The molecular formula is C18H21NO4. The Kier molecular flexibility index (Phi) is 4.98. The number of hydrogen-bond acceptors (Lipinski definition) is 4. The van der Waals surface area contributed by atoms with Gasteiger partial charge >= 0.3 is 5.97 Å². The first-order chi connectivity index (χ1) is 10.8. The molecule has 0 fully saturated rings. The Labute approximate surface area is 135 Å². The Balaban J connectivity index is 2.18. The van der Waals surface area contributed by atoms with Crippen molar-refractivity contribution >= 4 is 18.0 Å². The van der Waals surface area contributed by atoms with Crippen LogP contribution in [0.5, 0.6) is 0 Å². The first-order valence-electron chi connectivity index (χ1n) is 7.54. The van der Waals surface area contributed by atoms with E-state index in [4.69, 9.17) is 0 Å². The van der Waals surface area contributed by atoms with Gasteiger partial charge in [0.05, 0.1) is 5.57 Å². The van der Waals surface area contributed by atoms with Crippen LogP contribution in [0.15, 0.2) is 46.7 Å². The summed E-state index contributed by atoms with van der Waals surface area (Å²) in [5, 5.41) is 19.3. The first-order valence-corrected chi connectivity index (χ1v) is 7.54. The van der Waals surface area contributed by atoms with Gasteiger partial charge in [0.2, 0.25) is 0 Å². The number of rotatable bonds is 5. The topological polar surface area (TPSA) is 87.0 Å². The van der Waals surface area contributed by atoms with E-state index in [-0.39, 0.29) is 29.0 Å². The summed E-state index contributed by atoms with van der Waals surface area (Å²) < 4.78 is 0. The van der Waals surface area contributed by atoms with Crippen molar-refractivity contribution in [2.45, 2.75) is 39.2 Å². The van der Waals surface area contributed by atoms with E-state index in [1.54, 1.807) is 0 Å². The smallest absolute Gasteiger partial charge is 0.328 e. The molecule has 1 aliphatic rings. The Morgan fingerprint density at radius 2 is 1.96 bits per heavy atom. The molecule has 0 saturated heterocycles. The molecule has 23 heavy (non-hydrogen) atoms. The molecule has 0 saturated carbocycles. The molecule has 0 heterocycles. The molecule has 0 unspecified atom stereocenters. The van der Waals surface area contributed by atoms with Crippen LogP contribution in [-0.4, -0.2) is 34.2 Å². The van der Waals surface area contributed by atoms with Gasteiger partial charge in [0.1, 0.15) is 5.76 Å². The molecule has 2 N–H and O–H groups in total. The number of aliphatic carboxylic acids is 1.